The maximum Gasteiger partial charge on any atom is 0.232 e. The number of rotatable bonds is 3. The van der Waals surface area contributed by atoms with Gasteiger partial charge < -0.3 is 5.73 Å². The van der Waals surface area contributed by atoms with Gasteiger partial charge in [-0.15, -0.1) is 24.0 Å². The second kappa shape index (κ2) is 5.56. The van der Waals surface area contributed by atoms with Crippen LogP contribution in [0.3, 0.4) is 0 Å². The van der Waals surface area contributed by atoms with E-state index < -0.39 is 5.41 Å². The molecular weight excluding hydrogens is 361 g/mol. The zero-order valence-corrected chi connectivity index (χ0v) is 13.8. The van der Waals surface area contributed by atoms with E-state index in [0.717, 1.165) is 35.1 Å². The zero-order valence-electron chi connectivity index (χ0n) is 11.4. The number of amides is 1. The molecule has 0 atom stereocenters. The standard InChI is InChI=1S/C17H17NO.HI/c1-2-11-17(16(18)19)14-9-5-3-7-12(14)13-8-4-6-10-15(13)17;/h3-10H,2,11H2,1H3,(H2,18,19);1H. The highest BCUT2D eigenvalue weighted by molar-refractivity contribution is 14.0. The number of fused-ring (bicyclic) bond motifs is 3. The molecule has 0 fully saturated rings. The van der Waals surface area contributed by atoms with Gasteiger partial charge in [0.2, 0.25) is 5.91 Å². The summed E-state index contributed by atoms with van der Waals surface area (Å²) in [5.41, 5.74) is 9.57. The van der Waals surface area contributed by atoms with Crippen LogP contribution < -0.4 is 5.73 Å². The number of benzene rings is 2. The monoisotopic (exact) mass is 379 g/mol. The highest BCUT2D eigenvalue weighted by Crippen LogP contribution is 2.50. The topological polar surface area (TPSA) is 43.1 Å². The van der Waals surface area contributed by atoms with Gasteiger partial charge in [0.05, 0.1) is 5.41 Å². The van der Waals surface area contributed by atoms with E-state index in [9.17, 15) is 4.79 Å². The minimum atomic E-state index is -0.651. The van der Waals surface area contributed by atoms with Crippen molar-refractivity contribution in [3.63, 3.8) is 0 Å². The Bertz CT molecular complexity index is 605. The molecule has 0 aromatic heterocycles. The first kappa shape index (κ1) is 15.0. The first-order chi connectivity index (χ1) is 9.21. The predicted octanol–water partition coefficient (Wildman–Crippen LogP) is 3.86. The Balaban J connectivity index is 0.00000147. The van der Waals surface area contributed by atoms with Crippen LogP contribution in [-0.2, 0) is 10.2 Å². The summed E-state index contributed by atoms with van der Waals surface area (Å²) in [5, 5.41) is 0. The van der Waals surface area contributed by atoms with E-state index in [4.69, 9.17) is 5.73 Å². The molecule has 1 aliphatic rings. The van der Waals surface area contributed by atoms with E-state index in [-0.39, 0.29) is 29.9 Å². The van der Waals surface area contributed by atoms with Gasteiger partial charge in [-0.2, -0.15) is 0 Å². The van der Waals surface area contributed by atoms with Crippen molar-refractivity contribution < 1.29 is 4.79 Å². The van der Waals surface area contributed by atoms with Gasteiger partial charge in [-0.3, -0.25) is 4.79 Å². The Hall–Kier alpha value is -1.36. The minimum Gasteiger partial charge on any atom is -0.369 e. The van der Waals surface area contributed by atoms with Crippen LogP contribution >= 0.6 is 24.0 Å². The second-order valence-corrected chi connectivity index (χ2v) is 5.11. The Morgan fingerprint density at radius 3 is 1.85 bits per heavy atom. The molecule has 0 bridgehead atoms. The summed E-state index contributed by atoms with van der Waals surface area (Å²) < 4.78 is 0. The van der Waals surface area contributed by atoms with Gasteiger partial charge in [-0.25, -0.2) is 0 Å². The van der Waals surface area contributed by atoms with Crippen LogP contribution in [0, 0.1) is 0 Å². The molecule has 1 amide bonds. The van der Waals surface area contributed by atoms with E-state index in [1.807, 2.05) is 36.4 Å². The average molecular weight is 379 g/mol. The van der Waals surface area contributed by atoms with Crippen molar-refractivity contribution in [2.45, 2.75) is 25.2 Å². The van der Waals surface area contributed by atoms with Crippen LogP contribution in [0.4, 0.5) is 0 Å². The van der Waals surface area contributed by atoms with Crippen molar-refractivity contribution in [3.8, 4) is 11.1 Å². The predicted molar refractivity (Wildman–Crippen MR) is 92.2 cm³/mol. The van der Waals surface area contributed by atoms with Crippen LogP contribution in [-0.4, -0.2) is 5.91 Å². The first-order valence-electron chi connectivity index (χ1n) is 6.71. The highest BCUT2D eigenvalue weighted by Gasteiger charge is 2.46. The van der Waals surface area contributed by atoms with Gasteiger partial charge in [-0.1, -0.05) is 61.9 Å². The molecule has 0 radical (unpaired) electrons. The van der Waals surface area contributed by atoms with E-state index in [2.05, 4.69) is 19.1 Å². The lowest BCUT2D eigenvalue weighted by Gasteiger charge is -2.28. The fourth-order valence-electron chi connectivity index (χ4n) is 3.36. The maximum atomic E-state index is 12.3. The van der Waals surface area contributed by atoms with Crippen LogP contribution in [0.2, 0.25) is 0 Å². The van der Waals surface area contributed by atoms with Crippen molar-refractivity contribution in [2.24, 2.45) is 5.73 Å². The fourth-order valence-corrected chi connectivity index (χ4v) is 3.36. The molecule has 1 aliphatic carbocycles. The number of nitrogens with two attached hydrogens (primary N) is 1. The molecule has 0 heterocycles. The van der Waals surface area contributed by atoms with Gasteiger partial charge in [0.25, 0.3) is 0 Å². The summed E-state index contributed by atoms with van der Waals surface area (Å²) in [6.45, 7) is 2.09. The van der Waals surface area contributed by atoms with Gasteiger partial charge >= 0.3 is 0 Å². The first-order valence-corrected chi connectivity index (χ1v) is 6.71. The largest absolute Gasteiger partial charge is 0.369 e. The molecule has 2 nitrogen and oxygen atoms in total. The number of halogens is 1. The molecular formula is C17H18INO. The average Bonchev–Trinajstić information content (AvgIpc) is 2.72. The summed E-state index contributed by atoms with van der Waals surface area (Å²) >= 11 is 0. The van der Waals surface area contributed by atoms with Gasteiger partial charge in [0.1, 0.15) is 0 Å². The van der Waals surface area contributed by atoms with Crippen LogP contribution in [0.5, 0.6) is 0 Å². The molecule has 3 rings (SSSR count). The van der Waals surface area contributed by atoms with Crippen molar-refractivity contribution >= 4 is 29.9 Å². The molecule has 2 aromatic rings. The summed E-state index contributed by atoms with van der Waals surface area (Å²) in [5.74, 6) is -0.244. The number of carbonyl (C=O) groups is 1. The van der Waals surface area contributed by atoms with Crippen molar-refractivity contribution in [1.29, 1.82) is 0 Å². The second-order valence-electron chi connectivity index (χ2n) is 5.11. The third kappa shape index (κ3) is 1.87. The van der Waals surface area contributed by atoms with Crippen molar-refractivity contribution in [1.82, 2.24) is 0 Å². The number of primary amides is 1. The third-order valence-corrected chi connectivity index (χ3v) is 4.11. The van der Waals surface area contributed by atoms with Crippen molar-refractivity contribution in [3.05, 3.63) is 59.7 Å². The normalized spacial score (nSPS) is 14.1. The summed E-state index contributed by atoms with van der Waals surface area (Å²) in [7, 11) is 0. The summed E-state index contributed by atoms with van der Waals surface area (Å²) in [6.07, 6.45) is 1.68. The summed E-state index contributed by atoms with van der Waals surface area (Å²) in [4.78, 5) is 12.3. The molecule has 0 saturated heterocycles. The summed E-state index contributed by atoms with van der Waals surface area (Å²) in [6, 6.07) is 16.2. The Labute approximate surface area is 136 Å². The zero-order chi connectivity index (χ0) is 13.5. The lowest BCUT2D eigenvalue weighted by atomic mass is 9.74. The highest BCUT2D eigenvalue weighted by atomic mass is 127. The molecule has 0 saturated carbocycles. The molecule has 0 spiro atoms. The lowest BCUT2D eigenvalue weighted by molar-refractivity contribution is -0.122. The van der Waals surface area contributed by atoms with Gasteiger partial charge in [0.15, 0.2) is 0 Å². The number of hydrogen-bond donors (Lipinski definition) is 1. The molecule has 2 aromatic carbocycles. The van der Waals surface area contributed by atoms with E-state index in [1.165, 1.54) is 0 Å². The maximum absolute atomic E-state index is 12.3. The Morgan fingerprint density at radius 1 is 1.00 bits per heavy atom. The minimum absolute atomic E-state index is 0. The Kier molecular flexibility index (Phi) is 4.18. The number of carbonyl (C=O) groups excluding carboxylic acids is 1. The quantitative estimate of drug-likeness (QED) is 0.809. The SMILES string of the molecule is CCCC1(C(N)=O)c2ccccc2-c2ccccc21.I. The molecule has 0 unspecified atom stereocenters. The Morgan fingerprint density at radius 2 is 1.45 bits per heavy atom. The molecule has 104 valence electrons. The molecule has 2 N–H and O–H groups in total. The van der Waals surface area contributed by atoms with Gasteiger partial charge in [0, 0.05) is 0 Å². The van der Waals surface area contributed by atoms with Crippen molar-refractivity contribution in [2.75, 3.05) is 0 Å². The third-order valence-electron chi connectivity index (χ3n) is 4.11. The van der Waals surface area contributed by atoms with Crippen LogP contribution in [0.25, 0.3) is 11.1 Å². The fraction of sp³-hybridized carbons (Fsp3) is 0.235. The number of hydrogen-bond acceptors (Lipinski definition) is 1. The molecule has 0 aliphatic heterocycles. The van der Waals surface area contributed by atoms with Crippen LogP contribution in [0.15, 0.2) is 48.5 Å². The smallest absolute Gasteiger partial charge is 0.232 e. The molecule has 3 heteroatoms. The van der Waals surface area contributed by atoms with Crippen LogP contribution in [0.1, 0.15) is 30.9 Å². The van der Waals surface area contributed by atoms with E-state index >= 15 is 0 Å². The van der Waals surface area contributed by atoms with E-state index in [0.29, 0.717) is 0 Å². The van der Waals surface area contributed by atoms with E-state index in [1.54, 1.807) is 0 Å². The lowest BCUT2D eigenvalue weighted by Crippen LogP contribution is -2.40. The molecule has 20 heavy (non-hydrogen) atoms. The van der Waals surface area contributed by atoms with Gasteiger partial charge in [-0.05, 0) is 28.7 Å².